The van der Waals surface area contributed by atoms with E-state index in [1.54, 1.807) is 24.3 Å². The number of phenols is 1. The quantitative estimate of drug-likeness (QED) is 0.280. The predicted octanol–water partition coefficient (Wildman–Crippen LogP) is 3.61. The number of rotatable bonds is 8. The number of hydrogen-bond donors (Lipinski definition) is 3. The first-order valence-electron chi connectivity index (χ1n) is 9.58. The third-order valence-electron chi connectivity index (χ3n) is 4.29. The van der Waals surface area contributed by atoms with Gasteiger partial charge in [-0.3, -0.25) is 9.59 Å². The monoisotopic (exact) mass is 523 g/mol. The summed E-state index contributed by atoms with van der Waals surface area (Å²) in [5.74, 6) is -0.448. The fourth-order valence-electron chi connectivity index (χ4n) is 2.64. The molecule has 2 amide bonds. The summed E-state index contributed by atoms with van der Waals surface area (Å²) in [6.07, 6.45) is 1.46. The van der Waals surface area contributed by atoms with Gasteiger partial charge in [0, 0.05) is 5.56 Å². The van der Waals surface area contributed by atoms with Crippen LogP contribution in [0, 0.1) is 16.4 Å². The maximum atomic E-state index is 12.6. The zero-order valence-electron chi connectivity index (χ0n) is 17.4. The maximum absolute atomic E-state index is 12.6. The third kappa shape index (κ3) is 6.45. The van der Waals surface area contributed by atoms with Crippen molar-refractivity contribution in [2.75, 3.05) is 6.61 Å². The molecule has 0 spiro atoms. The molecule has 160 valence electrons. The molecule has 30 heavy (non-hydrogen) atoms. The standard InChI is InChI=1S/C22H26IN3O4/c1-5-30-18-11-15(10-17(23)20(18)27)12-24-26-22(29)19(13(2)3)25-21(28)16-8-6-14(4)7-9-16/h6-13,19,27H,5H2,1-4H3,(H,25,28)(H,26,29). The zero-order chi connectivity index (χ0) is 22.3. The highest BCUT2D eigenvalue weighted by molar-refractivity contribution is 14.1. The highest BCUT2D eigenvalue weighted by atomic mass is 127. The highest BCUT2D eigenvalue weighted by Crippen LogP contribution is 2.32. The van der Waals surface area contributed by atoms with Crippen LogP contribution in [0.15, 0.2) is 41.5 Å². The molecule has 1 unspecified atom stereocenters. The van der Waals surface area contributed by atoms with E-state index in [2.05, 4.69) is 15.8 Å². The summed E-state index contributed by atoms with van der Waals surface area (Å²) in [5.41, 5.74) is 4.67. The van der Waals surface area contributed by atoms with Gasteiger partial charge in [-0.15, -0.1) is 0 Å². The van der Waals surface area contributed by atoms with E-state index in [1.165, 1.54) is 6.21 Å². The minimum absolute atomic E-state index is 0.0670. The van der Waals surface area contributed by atoms with Gasteiger partial charge in [-0.25, -0.2) is 5.43 Å². The lowest BCUT2D eigenvalue weighted by Crippen LogP contribution is -2.48. The first-order valence-corrected chi connectivity index (χ1v) is 10.7. The Bertz CT molecular complexity index is 927. The van der Waals surface area contributed by atoms with Crippen LogP contribution in [-0.2, 0) is 4.79 Å². The normalized spacial score (nSPS) is 12.1. The van der Waals surface area contributed by atoms with E-state index < -0.39 is 11.9 Å². The highest BCUT2D eigenvalue weighted by Gasteiger charge is 2.24. The first-order chi connectivity index (χ1) is 14.2. The number of carbonyl (C=O) groups excluding carboxylic acids is 2. The van der Waals surface area contributed by atoms with Crippen molar-refractivity contribution in [1.29, 1.82) is 0 Å². The summed E-state index contributed by atoms with van der Waals surface area (Å²) in [5, 5.41) is 16.8. The van der Waals surface area contributed by atoms with Gasteiger partial charge in [-0.1, -0.05) is 31.5 Å². The van der Waals surface area contributed by atoms with Gasteiger partial charge in [0.2, 0.25) is 0 Å². The maximum Gasteiger partial charge on any atom is 0.262 e. The summed E-state index contributed by atoms with van der Waals surface area (Å²) >= 11 is 1.99. The number of benzene rings is 2. The second kappa shape index (κ2) is 11.0. The van der Waals surface area contributed by atoms with Crippen LogP contribution >= 0.6 is 22.6 Å². The molecule has 0 heterocycles. The van der Waals surface area contributed by atoms with Crippen molar-refractivity contribution in [1.82, 2.24) is 10.7 Å². The lowest BCUT2D eigenvalue weighted by molar-refractivity contribution is -0.123. The van der Waals surface area contributed by atoms with Crippen LogP contribution in [-0.4, -0.2) is 35.8 Å². The Morgan fingerprint density at radius 3 is 2.50 bits per heavy atom. The molecule has 0 saturated carbocycles. The molecular weight excluding hydrogens is 497 g/mol. The molecule has 0 aliphatic rings. The Kier molecular flexibility index (Phi) is 8.64. The molecule has 0 saturated heterocycles. The molecule has 2 aromatic rings. The molecular formula is C22H26IN3O4. The molecule has 7 nitrogen and oxygen atoms in total. The van der Waals surface area contributed by atoms with Crippen molar-refractivity contribution in [3.8, 4) is 11.5 Å². The number of carbonyl (C=O) groups is 2. The molecule has 0 aliphatic carbocycles. The van der Waals surface area contributed by atoms with E-state index in [0.29, 0.717) is 27.1 Å². The molecule has 0 fully saturated rings. The summed E-state index contributed by atoms with van der Waals surface area (Å²) < 4.78 is 6.01. The van der Waals surface area contributed by atoms with Gasteiger partial charge in [-0.05, 0) is 72.2 Å². The van der Waals surface area contributed by atoms with Gasteiger partial charge in [0.1, 0.15) is 6.04 Å². The van der Waals surface area contributed by atoms with E-state index in [9.17, 15) is 14.7 Å². The van der Waals surface area contributed by atoms with Gasteiger partial charge in [0.15, 0.2) is 11.5 Å². The summed E-state index contributed by atoms with van der Waals surface area (Å²) in [6, 6.07) is 9.75. The Hall–Kier alpha value is -2.62. The van der Waals surface area contributed by atoms with Crippen LogP contribution in [0.1, 0.15) is 42.3 Å². The number of amides is 2. The second-order valence-corrected chi connectivity index (χ2v) is 8.24. The fraction of sp³-hybridized carbons (Fsp3) is 0.318. The van der Waals surface area contributed by atoms with Crippen molar-refractivity contribution < 1.29 is 19.4 Å². The van der Waals surface area contributed by atoms with Crippen LogP contribution in [0.5, 0.6) is 11.5 Å². The molecule has 0 bridgehead atoms. The third-order valence-corrected chi connectivity index (χ3v) is 5.11. The average molecular weight is 523 g/mol. The molecule has 2 aromatic carbocycles. The number of aryl methyl sites for hydroxylation is 1. The van der Waals surface area contributed by atoms with Crippen LogP contribution in [0.3, 0.4) is 0 Å². The Labute approximate surface area is 190 Å². The average Bonchev–Trinajstić information content (AvgIpc) is 2.70. The van der Waals surface area contributed by atoms with E-state index >= 15 is 0 Å². The van der Waals surface area contributed by atoms with E-state index in [0.717, 1.165) is 5.56 Å². The number of phenolic OH excluding ortho intramolecular Hbond substituents is 1. The van der Waals surface area contributed by atoms with Crippen molar-refractivity contribution >= 4 is 40.6 Å². The van der Waals surface area contributed by atoms with Gasteiger partial charge in [-0.2, -0.15) is 5.10 Å². The van der Waals surface area contributed by atoms with Crippen LogP contribution in [0.25, 0.3) is 0 Å². The van der Waals surface area contributed by atoms with E-state index in [-0.39, 0.29) is 17.6 Å². The topological polar surface area (TPSA) is 100 Å². The smallest absolute Gasteiger partial charge is 0.262 e. The molecule has 2 rings (SSSR count). The Morgan fingerprint density at radius 2 is 1.90 bits per heavy atom. The minimum Gasteiger partial charge on any atom is -0.504 e. The van der Waals surface area contributed by atoms with Gasteiger partial charge in [0.05, 0.1) is 16.4 Å². The lowest BCUT2D eigenvalue weighted by atomic mass is 10.0. The second-order valence-electron chi connectivity index (χ2n) is 7.08. The predicted molar refractivity (Wildman–Crippen MR) is 125 cm³/mol. The molecule has 0 aliphatic heterocycles. The zero-order valence-corrected chi connectivity index (χ0v) is 19.6. The van der Waals surface area contributed by atoms with E-state index in [4.69, 9.17) is 4.74 Å². The number of aromatic hydroxyl groups is 1. The summed E-state index contributed by atoms with van der Waals surface area (Å²) in [6.45, 7) is 7.87. The van der Waals surface area contributed by atoms with Crippen molar-refractivity contribution in [3.05, 3.63) is 56.7 Å². The summed E-state index contributed by atoms with van der Waals surface area (Å²) in [4.78, 5) is 25.1. The molecule has 0 radical (unpaired) electrons. The van der Waals surface area contributed by atoms with Gasteiger partial charge in [0.25, 0.3) is 11.8 Å². The molecule has 3 N–H and O–H groups in total. The molecule has 8 heteroatoms. The fourth-order valence-corrected chi connectivity index (χ4v) is 3.26. The Morgan fingerprint density at radius 1 is 1.23 bits per heavy atom. The van der Waals surface area contributed by atoms with Gasteiger partial charge >= 0.3 is 0 Å². The largest absolute Gasteiger partial charge is 0.504 e. The number of nitrogens with one attached hydrogen (secondary N) is 2. The number of hydrogen-bond acceptors (Lipinski definition) is 5. The van der Waals surface area contributed by atoms with Crippen LogP contribution in [0.2, 0.25) is 0 Å². The van der Waals surface area contributed by atoms with Crippen molar-refractivity contribution in [2.24, 2.45) is 11.0 Å². The number of halogens is 1. The Balaban J connectivity index is 2.06. The summed E-state index contributed by atoms with van der Waals surface area (Å²) in [7, 11) is 0. The molecule has 1 atom stereocenters. The first kappa shape index (κ1) is 23.7. The van der Waals surface area contributed by atoms with Crippen molar-refractivity contribution in [3.63, 3.8) is 0 Å². The van der Waals surface area contributed by atoms with Crippen molar-refractivity contribution in [2.45, 2.75) is 33.7 Å². The lowest BCUT2D eigenvalue weighted by Gasteiger charge is -2.20. The van der Waals surface area contributed by atoms with E-state index in [1.807, 2.05) is 62.4 Å². The number of hydrazone groups is 1. The van der Waals surface area contributed by atoms with Gasteiger partial charge < -0.3 is 15.2 Å². The van der Waals surface area contributed by atoms with Crippen LogP contribution in [0.4, 0.5) is 0 Å². The minimum atomic E-state index is -0.741. The van der Waals surface area contributed by atoms with Crippen LogP contribution < -0.4 is 15.5 Å². The molecule has 0 aromatic heterocycles. The number of nitrogens with zero attached hydrogens (tertiary/aromatic N) is 1. The number of ether oxygens (including phenoxy) is 1. The SMILES string of the molecule is CCOc1cc(C=NNC(=O)C(NC(=O)c2ccc(C)cc2)C(C)C)cc(I)c1O.